The van der Waals surface area contributed by atoms with Gasteiger partial charge < -0.3 is 4.74 Å². The maximum Gasteiger partial charge on any atom is 0.261 e. The molecule has 1 saturated carbocycles. The topological polar surface area (TPSA) is 43.4 Å². The Morgan fingerprint density at radius 3 is 2.29 bits per heavy atom. The molecule has 21 heavy (non-hydrogen) atoms. The van der Waals surface area contributed by atoms with E-state index < -0.39 is 9.05 Å². The van der Waals surface area contributed by atoms with E-state index in [0.717, 1.165) is 24.2 Å². The van der Waals surface area contributed by atoms with Crippen molar-refractivity contribution in [1.29, 1.82) is 0 Å². The molecule has 1 aromatic rings. The van der Waals surface area contributed by atoms with Crippen LogP contribution in [-0.2, 0) is 9.05 Å². The van der Waals surface area contributed by atoms with Crippen molar-refractivity contribution in [1.82, 2.24) is 0 Å². The summed E-state index contributed by atoms with van der Waals surface area (Å²) in [5.74, 6) is 0.977. The van der Waals surface area contributed by atoms with Gasteiger partial charge in [0.25, 0.3) is 9.05 Å². The highest BCUT2D eigenvalue weighted by Gasteiger charge is 2.19. The van der Waals surface area contributed by atoms with Gasteiger partial charge in [-0.2, -0.15) is 0 Å². The van der Waals surface area contributed by atoms with E-state index in [1.54, 1.807) is 12.1 Å². The van der Waals surface area contributed by atoms with Crippen LogP contribution >= 0.6 is 10.7 Å². The van der Waals surface area contributed by atoms with Crippen LogP contribution in [0.5, 0.6) is 5.75 Å². The first-order valence-electron chi connectivity index (χ1n) is 7.63. The highest BCUT2D eigenvalue weighted by atomic mass is 35.7. The van der Waals surface area contributed by atoms with Crippen molar-refractivity contribution in [2.45, 2.75) is 69.3 Å². The van der Waals surface area contributed by atoms with E-state index in [9.17, 15) is 8.42 Å². The molecule has 0 N–H and O–H groups in total. The quantitative estimate of drug-likeness (QED) is 0.586. The second kappa shape index (κ2) is 7.01. The summed E-state index contributed by atoms with van der Waals surface area (Å²) < 4.78 is 29.1. The monoisotopic (exact) mass is 330 g/mol. The van der Waals surface area contributed by atoms with Crippen molar-refractivity contribution in [2.75, 3.05) is 0 Å². The normalized spacial score (nSPS) is 17.7. The Morgan fingerprint density at radius 2 is 1.76 bits per heavy atom. The molecule has 118 valence electrons. The highest BCUT2D eigenvalue weighted by Crippen LogP contribution is 2.32. The molecule has 0 spiro atoms. The molecule has 5 heteroatoms. The summed E-state index contributed by atoms with van der Waals surface area (Å²) in [4.78, 5) is 0.140. The standard InChI is InChI=1S/C16H23ClO3S/c1-12(2)15-11-14(21(17,18)19)9-10-16(15)20-13-7-5-3-4-6-8-13/h9-13H,3-8H2,1-2H3. The first kappa shape index (κ1) is 16.6. The third-order valence-corrected chi connectivity index (χ3v) is 5.33. The van der Waals surface area contributed by atoms with Crippen molar-refractivity contribution >= 4 is 19.7 Å². The van der Waals surface area contributed by atoms with Crippen LogP contribution in [-0.4, -0.2) is 14.5 Å². The lowest BCUT2D eigenvalue weighted by Gasteiger charge is -2.21. The number of benzene rings is 1. The van der Waals surface area contributed by atoms with Gasteiger partial charge in [-0.15, -0.1) is 0 Å². The molecule has 0 radical (unpaired) electrons. The van der Waals surface area contributed by atoms with Gasteiger partial charge in [0.15, 0.2) is 0 Å². The maximum atomic E-state index is 11.5. The van der Waals surface area contributed by atoms with Gasteiger partial charge in [-0.1, -0.05) is 26.7 Å². The summed E-state index contributed by atoms with van der Waals surface area (Å²) in [6.07, 6.45) is 7.36. The van der Waals surface area contributed by atoms with E-state index >= 15 is 0 Å². The lowest BCUT2D eigenvalue weighted by Crippen LogP contribution is -2.16. The molecule has 0 aliphatic heterocycles. The summed E-state index contributed by atoms with van der Waals surface area (Å²) >= 11 is 0. The number of hydrogen-bond acceptors (Lipinski definition) is 3. The largest absolute Gasteiger partial charge is 0.490 e. The summed E-state index contributed by atoms with van der Waals surface area (Å²) in [6, 6.07) is 4.91. The van der Waals surface area contributed by atoms with E-state index in [1.165, 1.54) is 31.7 Å². The summed E-state index contributed by atoms with van der Waals surface area (Å²) in [7, 11) is 1.73. The molecule has 1 aliphatic carbocycles. The van der Waals surface area contributed by atoms with Crippen molar-refractivity contribution in [3.63, 3.8) is 0 Å². The number of rotatable bonds is 4. The first-order valence-corrected chi connectivity index (χ1v) is 9.94. The van der Waals surface area contributed by atoms with E-state index in [4.69, 9.17) is 15.4 Å². The highest BCUT2D eigenvalue weighted by molar-refractivity contribution is 8.13. The first-order chi connectivity index (χ1) is 9.88. The zero-order valence-corrected chi connectivity index (χ0v) is 14.2. The van der Waals surface area contributed by atoms with Crippen molar-refractivity contribution < 1.29 is 13.2 Å². The minimum atomic E-state index is -3.70. The van der Waals surface area contributed by atoms with Crippen molar-refractivity contribution in [3.05, 3.63) is 23.8 Å². The van der Waals surface area contributed by atoms with Crippen LogP contribution in [0.1, 0.15) is 63.9 Å². The van der Waals surface area contributed by atoms with Gasteiger partial charge in [0.2, 0.25) is 0 Å². The molecule has 2 rings (SSSR count). The van der Waals surface area contributed by atoms with Crippen molar-refractivity contribution in [2.24, 2.45) is 0 Å². The van der Waals surface area contributed by atoms with E-state index in [1.807, 2.05) is 13.8 Å². The Bertz CT molecular complexity index is 573. The molecule has 0 heterocycles. The van der Waals surface area contributed by atoms with Crippen LogP contribution in [0.4, 0.5) is 0 Å². The second-order valence-corrected chi connectivity index (χ2v) is 8.59. The van der Waals surface area contributed by atoms with Crippen LogP contribution < -0.4 is 4.74 Å². The average Bonchev–Trinajstić information content (AvgIpc) is 2.66. The van der Waals surface area contributed by atoms with Gasteiger partial charge in [0.1, 0.15) is 5.75 Å². The Balaban J connectivity index is 2.26. The van der Waals surface area contributed by atoms with E-state index in [0.29, 0.717) is 0 Å². The van der Waals surface area contributed by atoms with E-state index in [-0.39, 0.29) is 16.9 Å². The van der Waals surface area contributed by atoms with Gasteiger partial charge in [-0.25, -0.2) is 8.42 Å². The molecule has 0 saturated heterocycles. The van der Waals surface area contributed by atoms with Crippen LogP contribution in [0.2, 0.25) is 0 Å². The van der Waals surface area contributed by atoms with Crippen LogP contribution in [0.3, 0.4) is 0 Å². The van der Waals surface area contributed by atoms with Crippen LogP contribution in [0.25, 0.3) is 0 Å². The van der Waals surface area contributed by atoms with Gasteiger partial charge in [-0.3, -0.25) is 0 Å². The summed E-state index contributed by atoms with van der Waals surface area (Å²) in [5, 5.41) is 0. The molecule has 0 amide bonds. The number of halogens is 1. The van der Waals surface area contributed by atoms with Crippen LogP contribution in [0.15, 0.2) is 23.1 Å². The third-order valence-electron chi connectivity index (χ3n) is 3.98. The van der Waals surface area contributed by atoms with Gasteiger partial charge >= 0.3 is 0 Å². The minimum Gasteiger partial charge on any atom is -0.490 e. The molecule has 1 aliphatic rings. The Morgan fingerprint density at radius 1 is 1.14 bits per heavy atom. The Labute approximate surface area is 132 Å². The lowest BCUT2D eigenvalue weighted by molar-refractivity contribution is 0.181. The van der Waals surface area contributed by atoms with Gasteiger partial charge in [0.05, 0.1) is 11.0 Å². The predicted molar refractivity (Wildman–Crippen MR) is 85.7 cm³/mol. The molecule has 0 aromatic heterocycles. The molecule has 3 nitrogen and oxygen atoms in total. The van der Waals surface area contributed by atoms with Crippen molar-refractivity contribution in [3.8, 4) is 5.75 Å². The smallest absolute Gasteiger partial charge is 0.261 e. The molecule has 1 fully saturated rings. The van der Waals surface area contributed by atoms with Gasteiger partial charge in [-0.05, 0) is 55.4 Å². The molecular formula is C16H23ClO3S. The molecule has 0 atom stereocenters. The fraction of sp³-hybridized carbons (Fsp3) is 0.625. The summed E-state index contributed by atoms with van der Waals surface area (Å²) in [6.45, 7) is 4.06. The lowest BCUT2D eigenvalue weighted by atomic mass is 10.0. The Kier molecular flexibility index (Phi) is 5.55. The number of hydrogen-bond donors (Lipinski definition) is 0. The minimum absolute atomic E-state index is 0.140. The van der Waals surface area contributed by atoms with Crippen LogP contribution in [0, 0.1) is 0 Å². The molecule has 0 bridgehead atoms. The fourth-order valence-corrected chi connectivity index (χ4v) is 3.56. The van der Waals surface area contributed by atoms with Gasteiger partial charge in [0, 0.05) is 10.7 Å². The summed E-state index contributed by atoms with van der Waals surface area (Å²) in [5.41, 5.74) is 0.904. The zero-order chi connectivity index (χ0) is 15.5. The second-order valence-electron chi connectivity index (χ2n) is 6.02. The zero-order valence-electron chi connectivity index (χ0n) is 12.6. The third kappa shape index (κ3) is 4.62. The maximum absolute atomic E-state index is 11.5. The molecule has 0 unspecified atom stereocenters. The van der Waals surface area contributed by atoms with E-state index in [2.05, 4.69) is 0 Å². The fourth-order valence-electron chi connectivity index (χ4n) is 2.78. The number of ether oxygens (including phenoxy) is 1. The molecule has 1 aromatic carbocycles. The molecular weight excluding hydrogens is 308 g/mol. The average molecular weight is 331 g/mol. The Hall–Kier alpha value is -0.740. The predicted octanol–water partition coefficient (Wildman–Crippen LogP) is 4.84. The SMILES string of the molecule is CC(C)c1cc(S(=O)(=O)Cl)ccc1OC1CCCCCC1.